The van der Waals surface area contributed by atoms with Crippen molar-refractivity contribution in [1.82, 2.24) is 4.72 Å². The first-order valence-electron chi connectivity index (χ1n) is 6.80. The summed E-state index contributed by atoms with van der Waals surface area (Å²) in [5.74, 6) is 1.27. The van der Waals surface area contributed by atoms with Gasteiger partial charge in [0.2, 0.25) is 10.0 Å². The molecule has 0 amide bonds. The third-order valence-electron chi connectivity index (χ3n) is 3.55. The van der Waals surface area contributed by atoms with Gasteiger partial charge < -0.3 is 0 Å². The van der Waals surface area contributed by atoms with E-state index in [0.717, 1.165) is 5.56 Å². The minimum Gasteiger partial charge on any atom is -0.211 e. The van der Waals surface area contributed by atoms with Crippen molar-refractivity contribution < 1.29 is 8.42 Å². The summed E-state index contributed by atoms with van der Waals surface area (Å²) >= 11 is 0. The molecule has 19 heavy (non-hydrogen) atoms. The predicted octanol–water partition coefficient (Wildman–Crippen LogP) is 3.20. The van der Waals surface area contributed by atoms with E-state index in [1.54, 1.807) is 12.1 Å². The normalized spacial score (nSPS) is 12.6. The Balaban J connectivity index is 2.78. The lowest BCUT2D eigenvalue weighted by molar-refractivity contribution is 0.289. The van der Waals surface area contributed by atoms with Crippen LogP contribution >= 0.6 is 0 Å². The van der Waals surface area contributed by atoms with Crippen LogP contribution < -0.4 is 4.72 Å². The fourth-order valence-electron chi connectivity index (χ4n) is 2.25. The quantitative estimate of drug-likeness (QED) is 0.871. The summed E-state index contributed by atoms with van der Waals surface area (Å²) in [6.07, 6.45) is 0. The van der Waals surface area contributed by atoms with Crippen molar-refractivity contribution in [2.45, 2.75) is 39.5 Å². The van der Waals surface area contributed by atoms with E-state index in [0.29, 0.717) is 29.2 Å². The second kappa shape index (κ2) is 6.53. The highest BCUT2D eigenvalue weighted by molar-refractivity contribution is 7.89. The summed E-state index contributed by atoms with van der Waals surface area (Å²) in [4.78, 5) is 0.337. The Kier molecular flexibility index (Phi) is 5.56. The zero-order valence-corrected chi connectivity index (χ0v) is 13.3. The molecule has 0 atom stereocenters. The Labute approximate surface area is 117 Å². The molecule has 0 spiro atoms. The maximum atomic E-state index is 12.2. The van der Waals surface area contributed by atoms with E-state index < -0.39 is 10.0 Å². The molecule has 0 aliphatic rings. The molecule has 0 saturated heterocycles. The molecule has 0 aliphatic heterocycles. The summed E-state index contributed by atoms with van der Waals surface area (Å²) in [6, 6.07) is 6.93. The van der Waals surface area contributed by atoms with Gasteiger partial charge in [0.1, 0.15) is 0 Å². The van der Waals surface area contributed by atoms with Crippen LogP contribution in [0.1, 0.15) is 33.3 Å². The zero-order chi connectivity index (χ0) is 14.6. The smallest absolute Gasteiger partial charge is 0.211 e. The maximum Gasteiger partial charge on any atom is 0.240 e. The first-order valence-corrected chi connectivity index (χ1v) is 8.28. The molecule has 0 aliphatic carbocycles. The number of sulfonamides is 1. The van der Waals surface area contributed by atoms with Crippen molar-refractivity contribution in [2.75, 3.05) is 6.54 Å². The second-order valence-corrected chi connectivity index (χ2v) is 7.58. The van der Waals surface area contributed by atoms with Gasteiger partial charge in [-0.1, -0.05) is 45.4 Å². The number of hydrogen-bond acceptors (Lipinski definition) is 2. The van der Waals surface area contributed by atoms with Crippen LogP contribution in [0, 0.1) is 24.7 Å². The first kappa shape index (κ1) is 16.2. The average Bonchev–Trinajstić information content (AvgIpc) is 2.28. The Morgan fingerprint density at radius 1 is 1.00 bits per heavy atom. The molecule has 1 aromatic rings. The van der Waals surface area contributed by atoms with Crippen LogP contribution in [0.4, 0.5) is 0 Å². The fourth-order valence-corrected chi connectivity index (χ4v) is 3.32. The summed E-state index contributed by atoms with van der Waals surface area (Å²) < 4.78 is 27.1. The molecule has 0 fully saturated rings. The van der Waals surface area contributed by atoms with Crippen LogP contribution in [-0.4, -0.2) is 15.0 Å². The van der Waals surface area contributed by atoms with Crippen LogP contribution in [0.5, 0.6) is 0 Å². The Bertz CT molecular complexity index is 481. The highest BCUT2D eigenvalue weighted by atomic mass is 32.2. The number of benzene rings is 1. The molecule has 108 valence electrons. The van der Waals surface area contributed by atoms with Gasteiger partial charge in [0.25, 0.3) is 0 Å². The lowest BCUT2D eigenvalue weighted by Crippen LogP contribution is -2.33. The van der Waals surface area contributed by atoms with Crippen LogP contribution in [0.3, 0.4) is 0 Å². The van der Waals surface area contributed by atoms with Gasteiger partial charge in [-0.05, 0) is 36.8 Å². The summed E-state index contributed by atoms with van der Waals surface area (Å²) in [7, 11) is -3.39. The van der Waals surface area contributed by atoms with Crippen molar-refractivity contribution in [3.05, 3.63) is 29.8 Å². The summed E-state index contributed by atoms with van der Waals surface area (Å²) in [6.45, 7) is 11.0. The van der Waals surface area contributed by atoms with E-state index in [1.165, 1.54) is 0 Å². The molecule has 0 heterocycles. The Morgan fingerprint density at radius 3 is 1.89 bits per heavy atom. The molecule has 0 radical (unpaired) electrons. The molecule has 0 saturated carbocycles. The lowest BCUT2D eigenvalue weighted by Gasteiger charge is -2.25. The molecular formula is C15H25NO2S. The third-order valence-corrected chi connectivity index (χ3v) is 4.99. The minimum atomic E-state index is -3.39. The summed E-state index contributed by atoms with van der Waals surface area (Å²) in [5.41, 5.74) is 1.06. The molecule has 0 bridgehead atoms. The monoisotopic (exact) mass is 283 g/mol. The van der Waals surface area contributed by atoms with Gasteiger partial charge in [0.15, 0.2) is 0 Å². The van der Waals surface area contributed by atoms with E-state index in [2.05, 4.69) is 32.4 Å². The Hall–Kier alpha value is -0.870. The van der Waals surface area contributed by atoms with Crippen LogP contribution in [-0.2, 0) is 10.0 Å². The summed E-state index contributed by atoms with van der Waals surface area (Å²) in [5, 5.41) is 0. The largest absolute Gasteiger partial charge is 0.240 e. The van der Waals surface area contributed by atoms with E-state index >= 15 is 0 Å². The standard InChI is InChI=1S/C15H25NO2S/c1-11(2)15(12(3)4)10-16-19(17,18)14-8-6-13(5)7-9-14/h6-9,11-12,15-16H,10H2,1-5H3. The van der Waals surface area contributed by atoms with Crippen molar-refractivity contribution in [1.29, 1.82) is 0 Å². The molecule has 4 heteroatoms. The van der Waals surface area contributed by atoms with Gasteiger partial charge in [-0.3, -0.25) is 0 Å². The van der Waals surface area contributed by atoms with Gasteiger partial charge in [-0.15, -0.1) is 0 Å². The topological polar surface area (TPSA) is 46.2 Å². The highest BCUT2D eigenvalue weighted by Crippen LogP contribution is 2.20. The predicted molar refractivity (Wildman–Crippen MR) is 79.5 cm³/mol. The molecule has 0 aromatic heterocycles. The number of nitrogens with one attached hydrogen (secondary N) is 1. The maximum absolute atomic E-state index is 12.2. The van der Waals surface area contributed by atoms with E-state index in [-0.39, 0.29) is 0 Å². The van der Waals surface area contributed by atoms with Gasteiger partial charge >= 0.3 is 0 Å². The second-order valence-electron chi connectivity index (χ2n) is 5.82. The van der Waals surface area contributed by atoms with Crippen LogP contribution in [0.15, 0.2) is 29.2 Å². The van der Waals surface area contributed by atoms with Crippen LogP contribution in [0.2, 0.25) is 0 Å². The molecule has 3 nitrogen and oxygen atoms in total. The molecule has 1 rings (SSSR count). The van der Waals surface area contributed by atoms with E-state index in [1.807, 2.05) is 19.1 Å². The molecular weight excluding hydrogens is 258 g/mol. The number of rotatable bonds is 6. The molecule has 1 N–H and O–H groups in total. The van der Waals surface area contributed by atoms with Gasteiger partial charge in [0, 0.05) is 6.54 Å². The number of aryl methyl sites for hydroxylation is 1. The zero-order valence-electron chi connectivity index (χ0n) is 12.5. The van der Waals surface area contributed by atoms with Gasteiger partial charge in [-0.2, -0.15) is 0 Å². The third kappa shape index (κ3) is 4.62. The average molecular weight is 283 g/mol. The van der Waals surface area contributed by atoms with Gasteiger partial charge in [-0.25, -0.2) is 13.1 Å². The van der Waals surface area contributed by atoms with Crippen molar-refractivity contribution in [3.8, 4) is 0 Å². The van der Waals surface area contributed by atoms with E-state index in [4.69, 9.17) is 0 Å². The van der Waals surface area contributed by atoms with Crippen molar-refractivity contribution in [3.63, 3.8) is 0 Å². The lowest BCUT2D eigenvalue weighted by atomic mass is 9.86. The number of hydrogen-bond donors (Lipinski definition) is 1. The van der Waals surface area contributed by atoms with Crippen molar-refractivity contribution >= 4 is 10.0 Å². The SMILES string of the molecule is Cc1ccc(S(=O)(=O)NCC(C(C)C)C(C)C)cc1. The highest BCUT2D eigenvalue weighted by Gasteiger charge is 2.21. The van der Waals surface area contributed by atoms with Crippen LogP contribution in [0.25, 0.3) is 0 Å². The van der Waals surface area contributed by atoms with Gasteiger partial charge in [0.05, 0.1) is 4.90 Å². The first-order chi connectivity index (χ1) is 8.74. The molecule has 1 aromatic carbocycles. The minimum absolute atomic E-state index is 0.337. The Morgan fingerprint density at radius 2 is 1.47 bits per heavy atom. The fraction of sp³-hybridized carbons (Fsp3) is 0.600. The van der Waals surface area contributed by atoms with E-state index in [9.17, 15) is 8.42 Å². The van der Waals surface area contributed by atoms with Crippen molar-refractivity contribution in [2.24, 2.45) is 17.8 Å². The molecule has 0 unspecified atom stereocenters.